The minimum Gasteiger partial charge on any atom is -0.492 e. The number of aromatic nitrogens is 1. The van der Waals surface area contributed by atoms with Crippen molar-refractivity contribution in [1.82, 2.24) is 4.98 Å². The van der Waals surface area contributed by atoms with Gasteiger partial charge >= 0.3 is 5.97 Å². The maximum absolute atomic E-state index is 11.1. The van der Waals surface area contributed by atoms with Crippen LogP contribution < -0.4 is 4.74 Å². The Hall–Kier alpha value is -2.43. The summed E-state index contributed by atoms with van der Waals surface area (Å²) in [5.41, 5.74) is 1.61. The third kappa shape index (κ3) is 4.78. The van der Waals surface area contributed by atoms with Crippen molar-refractivity contribution < 1.29 is 19.7 Å². The number of carbonyl (C=O) groups is 1. The lowest BCUT2D eigenvalue weighted by atomic mass is 10.1. The van der Waals surface area contributed by atoms with Crippen molar-refractivity contribution in [3.05, 3.63) is 34.3 Å². The second kappa shape index (κ2) is 9.01. The van der Waals surface area contributed by atoms with E-state index in [4.69, 9.17) is 14.9 Å². The summed E-state index contributed by atoms with van der Waals surface area (Å²) in [6.45, 7) is 6.26. The van der Waals surface area contributed by atoms with Crippen LogP contribution in [0.2, 0.25) is 0 Å². The largest absolute Gasteiger partial charge is 0.492 e. The van der Waals surface area contributed by atoms with E-state index in [1.807, 2.05) is 13.8 Å². The Balaban J connectivity index is 0.00000139. The van der Waals surface area contributed by atoms with E-state index in [9.17, 15) is 10.1 Å². The molecule has 0 atom stereocenters. The highest BCUT2D eigenvalue weighted by molar-refractivity contribution is 7.17. The van der Waals surface area contributed by atoms with Gasteiger partial charge in [-0.1, -0.05) is 13.8 Å². The number of hydrogen-bond donors (Lipinski definition) is 2. The Morgan fingerprint density at radius 3 is 2.58 bits per heavy atom. The summed E-state index contributed by atoms with van der Waals surface area (Å²) in [4.78, 5) is 15.6. The van der Waals surface area contributed by atoms with Crippen LogP contribution in [0.3, 0.4) is 0 Å². The first-order chi connectivity index (χ1) is 11.4. The fraction of sp³-hybridized carbons (Fsp3) is 0.353. The third-order valence-corrected chi connectivity index (χ3v) is 4.10. The lowest BCUT2D eigenvalue weighted by Gasteiger charge is -2.10. The zero-order chi connectivity index (χ0) is 18.3. The average molecular weight is 348 g/mol. The van der Waals surface area contributed by atoms with E-state index < -0.39 is 5.97 Å². The Kier molecular flexibility index (Phi) is 7.36. The molecule has 7 heteroatoms. The first-order valence-electron chi connectivity index (χ1n) is 7.25. The van der Waals surface area contributed by atoms with Gasteiger partial charge in [-0.25, -0.2) is 9.78 Å². The van der Waals surface area contributed by atoms with Gasteiger partial charge in [0, 0.05) is 12.7 Å². The fourth-order valence-electron chi connectivity index (χ4n) is 1.85. The van der Waals surface area contributed by atoms with Crippen LogP contribution in [0.1, 0.15) is 34.8 Å². The van der Waals surface area contributed by atoms with Crippen LogP contribution in [0.5, 0.6) is 5.75 Å². The number of ether oxygens (including phenoxy) is 1. The van der Waals surface area contributed by atoms with Crippen LogP contribution in [-0.2, 0) is 0 Å². The van der Waals surface area contributed by atoms with Crippen LogP contribution in [0.15, 0.2) is 18.2 Å². The van der Waals surface area contributed by atoms with Gasteiger partial charge in [0.25, 0.3) is 0 Å². The normalized spacial score (nSPS) is 9.88. The number of aliphatic hydroxyl groups excluding tert-OH is 1. The van der Waals surface area contributed by atoms with E-state index in [2.05, 4.69) is 11.1 Å². The number of carboxylic acid groups (broad SMARTS) is 1. The number of rotatable bonds is 5. The van der Waals surface area contributed by atoms with E-state index in [1.54, 1.807) is 25.1 Å². The minimum absolute atomic E-state index is 0.216. The van der Waals surface area contributed by atoms with Crippen LogP contribution in [0, 0.1) is 24.2 Å². The fourth-order valence-corrected chi connectivity index (χ4v) is 2.75. The molecule has 6 nitrogen and oxygen atoms in total. The Morgan fingerprint density at radius 1 is 1.42 bits per heavy atom. The van der Waals surface area contributed by atoms with Gasteiger partial charge < -0.3 is 14.9 Å². The van der Waals surface area contributed by atoms with Gasteiger partial charge in [-0.15, -0.1) is 11.3 Å². The lowest BCUT2D eigenvalue weighted by molar-refractivity contribution is 0.0701. The number of carboxylic acids is 1. The van der Waals surface area contributed by atoms with Crippen molar-refractivity contribution in [3.63, 3.8) is 0 Å². The summed E-state index contributed by atoms with van der Waals surface area (Å²) in [5, 5.41) is 25.9. The van der Waals surface area contributed by atoms with Crippen LogP contribution in [-0.4, -0.2) is 34.9 Å². The molecule has 1 aromatic heterocycles. The van der Waals surface area contributed by atoms with Crippen LogP contribution >= 0.6 is 11.3 Å². The number of hydrogen-bond acceptors (Lipinski definition) is 6. The molecule has 1 heterocycles. The van der Waals surface area contributed by atoms with Crippen LogP contribution in [0.4, 0.5) is 0 Å². The molecular formula is C17H20N2O4S. The number of aliphatic hydroxyl groups is 1. The first-order valence-corrected chi connectivity index (χ1v) is 8.06. The summed E-state index contributed by atoms with van der Waals surface area (Å²) in [6, 6.07) is 7.31. The standard InChI is InChI=1S/C16H16N2O3S.CH4O/c1-9(2)8-21-13-5-4-11(6-12(13)7-17)15-18-10(3)14(22-15)16(19)20;1-2/h4-6,9H,8H2,1-3H3,(H,19,20);2H,1H3. The molecule has 0 unspecified atom stereocenters. The molecule has 1 aromatic carbocycles. The lowest BCUT2D eigenvalue weighted by Crippen LogP contribution is -2.05. The molecule has 0 bridgehead atoms. The van der Waals surface area contributed by atoms with E-state index in [-0.39, 0.29) is 4.88 Å². The zero-order valence-electron chi connectivity index (χ0n) is 14.0. The number of aromatic carboxylic acids is 1. The van der Waals surface area contributed by atoms with E-state index in [0.29, 0.717) is 40.1 Å². The van der Waals surface area contributed by atoms with Gasteiger partial charge in [0.1, 0.15) is 21.7 Å². The Morgan fingerprint density at radius 2 is 2.08 bits per heavy atom. The molecule has 0 aliphatic rings. The van der Waals surface area contributed by atoms with Gasteiger partial charge in [0.15, 0.2) is 0 Å². The molecule has 0 fully saturated rings. The molecule has 128 valence electrons. The first kappa shape index (κ1) is 19.6. The molecule has 24 heavy (non-hydrogen) atoms. The van der Waals surface area contributed by atoms with Crippen molar-refractivity contribution in [2.45, 2.75) is 20.8 Å². The molecule has 0 aliphatic heterocycles. The van der Waals surface area contributed by atoms with Crippen molar-refractivity contribution >= 4 is 17.3 Å². The van der Waals surface area contributed by atoms with Crippen molar-refractivity contribution in [2.75, 3.05) is 13.7 Å². The summed E-state index contributed by atoms with van der Waals surface area (Å²) in [7, 11) is 1.00. The molecule has 0 saturated heterocycles. The van der Waals surface area contributed by atoms with Crippen molar-refractivity contribution in [1.29, 1.82) is 5.26 Å². The summed E-state index contributed by atoms with van der Waals surface area (Å²) in [5.74, 6) is -0.0868. The van der Waals surface area contributed by atoms with Crippen molar-refractivity contribution in [2.24, 2.45) is 5.92 Å². The number of benzene rings is 1. The summed E-state index contributed by atoms with van der Waals surface area (Å²) < 4.78 is 5.61. The number of nitrogens with zero attached hydrogens (tertiary/aromatic N) is 2. The second-order valence-corrected chi connectivity index (χ2v) is 6.27. The molecule has 0 spiro atoms. The topological polar surface area (TPSA) is 103 Å². The average Bonchev–Trinajstić information content (AvgIpc) is 2.96. The Bertz CT molecular complexity index is 748. The molecular weight excluding hydrogens is 328 g/mol. The number of aryl methyl sites for hydroxylation is 1. The summed E-state index contributed by atoms with van der Waals surface area (Å²) in [6.07, 6.45) is 0. The van der Waals surface area contributed by atoms with Gasteiger partial charge in [-0.05, 0) is 31.0 Å². The second-order valence-electron chi connectivity index (χ2n) is 5.27. The van der Waals surface area contributed by atoms with Gasteiger partial charge in [0.05, 0.1) is 17.9 Å². The van der Waals surface area contributed by atoms with Crippen LogP contribution in [0.25, 0.3) is 10.6 Å². The van der Waals surface area contributed by atoms with Gasteiger partial charge in [-0.2, -0.15) is 5.26 Å². The molecule has 0 saturated carbocycles. The highest BCUT2D eigenvalue weighted by Crippen LogP contribution is 2.31. The van der Waals surface area contributed by atoms with E-state index in [1.165, 1.54) is 0 Å². The smallest absolute Gasteiger partial charge is 0.347 e. The minimum atomic E-state index is -0.987. The molecule has 2 N–H and O–H groups in total. The molecule has 0 amide bonds. The van der Waals surface area contributed by atoms with Crippen molar-refractivity contribution in [3.8, 4) is 22.4 Å². The molecule has 2 rings (SSSR count). The Labute approximate surface area is 145 Å². The molecule has 0 aliphatic carbocycles. The predicted molar refractivity (Wildman–Crippen MR) is 92.4 cm³/mol. The van der Waals surface area contributed by atoms with Gasteiger partial charge in [-0.3, -0.25) is 0 Å². The predicted octanol–water partition coefficient (Wildman–Crippen LogP) is 3.33. The maximum atomic E-state index is 11.1. The highest BCUT2D eigenvalue weighted by Gasteiger charge is 2.16. The quantitative estimate of drug-likeness (QED) is 0.859. The zero-order valence-corrected chi connectivity index (χ0v) is 14.8. The maximum Gasteiger partial charge on any atom is 0.347 e. The van der Waals surface area contributed by atoms with E-state index >= 15 is 0 Å². The number of nitriles is 1. The molecule has 0 radical (unpaired) electrons. The summed E-state index contributed by atoms with van der Waals surface area (Å²) >= 11 is 1.10. The SMILES string of the molecule is CO.Cc1nc(-c2ccc(OCC(C)C)c(C#N)c2)sc1C(=O)O. The monoisotopic (exact) mass is 348 g/mol. The third-order valence-electron chi connectivity index (χ3n) is 2.91. The number of thiazole rings is 1. The van der Waals surface area contributed by atoms with E-state index in [0.717, 1.165) is 18.4 Å². The highest BCUT2D eigenvalue weighted by atomic mass is 32.1. The molecule has 2 aromatic rings. The van der Waals surface area contributed by atoms with Gasteiger partial charge in [0.2, 0.25) is 0 Å².